The zero-order valence-electron chi connectivity index (χ0n) is 32.0. The lowest BCUT2D eigenvalue weighted by Crippen LogP contribution is -2.47. The molecular weight excluding hydrogens is 733 g/mol. The maximum absolute atomic E-state index is 14.0. The molecule has 292 valence electrons. The quantitative estimate of drug-likeness (QED) is 0.359. The van der Waals surface area contributed by atoms with E-state index in [1.165, 1.54) is 9.80 Å². The Morgan fingerprint density at radius 3 is 1.24 bits per heavy atom. The third kappa shape index (κ3) is 7.14. The fourth-order valence-corrected chi connectivity index (χ4v) is 9.10. The minimum Gasteiger partial charge on any atom is -0.444 e. The molecule has 15 heteroatoms. The third-order valence-corrected chi connectivity index (χ3v) is 12.0. The van der Waals surface area contributed by atoms with E-state index in [-0.39, 0.29) is 60.0 Å². The number of rotatable bonds is 6. The number of likely N-dealkylation sites (tertiary alicyclic amines) is 2. The summed E-state index contributed by atoms with van der Waals surface area (Å²) in [5.41, 5.74) is -2.55. The molecule has 2 aromatic rings. The van der Waals surface area contributed by atoms with Gasteiger partial charge in [0.2, 0.25) is 9.84 Å². The fourth-order valence-electron chi connectivity index (χ4n) is 7.79. The van der Waals surface area contributed by atoms with Gasteiger partial charge in [-0.15, -0.1) is 0 Å². The molecule has 2 aromatic carbocycles. The van der Waals surface area contributed by atoms with Crippen molar-refractivity contribution in [2.24, 2.45) is 23.7 Å². The molecule has 0 radical (unpaired) electrons. The highest BCUT2D eigenvalue weighted by atomic mass is 32.2. The lowest BCUT2D eigenvalue weighted by atomic mass is 9.91. The van der Waals surface area contributed by atoms with Crippen LogP contribution in [-0.2, 0) is 28.9 Å². The highest BCUT2D eigenvalue weighted by Crippen LogP contribution is 2.38. The molecule has 0 saturated carbocycles. The smallest absolute Gasteiger partial charge is 0.410 e. The zero-order valence-corrected chi connectivity index (χ0v) is 32.8. The van der Waals surface area contributed by atoms with Crippen molar-refractivity contribution < 1.29 is 56.2 Å². The van der Waals surface area contributed by atoms with E-state index in [0.717, 1.165) is 36.4 Å². The van der Waals surface area contributed by atoms with Gasteiger partial charge in [0.05, 0.1) is 21.9 Å². The van der Waals surface area contributed by atoms with E-state index in [0.29, 0.717) is 0 Å². The van der Waals surface area contributed by atoms with Gasteiger partial charge < -0.3 is 9.47 Å². The highest BCUT2D eigenvalue weighted by molar-refractivity contribution is 7.91. The molecular formula is C40H44N2O12S. The minimum absolute atomic E-state index is 0.117. The fraction of sp³-hybridized carbons (Fsp3) is 0.500. The Balaban J connectivity index is 1.24. The number of benzene rings is 2. The van der Waals surface area contributed by atoms with E-state index >= 15 is 0 Å². The standard InChI is InChI=1S/C40H44N2O12S/c1-19-13-27(41(17-19)37(49)53-39(3,4)5)35(47)29-31(43)23-11-9-21(15-25(23)33(29)45)55(51,52)22-10-12-24-26(16-22)34(46)30(32(24)44)36(48)28-14-20(2)18-42(28)38(50)54-40(6,7)8/h9-12,15-16,19-20,27-30H,13-14,17-18H2,1-8H3/t19-,20-,27-,28-,29?,30?/m0/s1. The molecule has 4 aliphatic rings. The number of amides is 2. The Kier molecular flexibility index (Phi) is 9.81. The van der Waals surface area contributed by atoms with Crippen LogP contribution in [0.1, 0.15) is 110 Å². The molecule has 0 bridgehead atoms. The summed E-state index contributed by atoms with van der Waals surface area (Å²) in [7, 11) is -4.50. The second-order valence-corrected chi connectivity index (χ2v) is 19.0. The van der Waals surface area contributed by atoms with Gasteiger partial charge in [-0.3, -0.25) is 38.6 Å². The van der Waals surface area contributed by atoms with E-state index in [2.05, 4.69) is 0 Å². The first kappa shape index (κ1) is 39.6. The molecule has 2 aliphatic heterocycles. The van der Waals surface area contributed by atoms with E-state index in [9.17, 15) is 46.8 Å². The summed E-state index contributed by atoms with van der Waals surface area (Å²) in [6, 6.07) is 4.31. The number of fused-ring (bicyclic) bond motifs is 2. The van der Waals surface area contributed by atoms with E-state index < -0.39 is 102 Å². The molecule has 0 spiro atoms. The number of carbonyl (C=O) groups excluding carboxylic acids is 8. The van der Waals surface area contributed by atoms with Crippen molar-refractivity contribution in [3.63, 3.8) is 0 Å². The number of hydrogen-bond acceptors (Lipinski definition) is 12. The van der Waals surface area contributed by atoms with Gasteiger partial charge in [-0.05, 0) is 103 Å². The lowest BCUT2D eigenvalue weighted by molar-refractivity contribution is -0.125. The van der Waals surface area contributed by atoms with Crippen LogP contribution >= 0.6 is 0 Å². The van der Waals surface area contributed by atoms with E-state index in [4.69, 9.17) is 9.47 Å². The Labute approximate surface area is 318 Å². The predicted octanol–water partition coefficient (Wildman–Crippen LogP) is 4.94. The molecule has 0 N–H and O–H groups in total. The van der Waals surface area contributed by atoms with Crippen LogP contribution in [0.15, 0.2) is 46.2 Å². The van der Waals surface area contributed by atoms with Crippen LogP contribution in [0.4, 0.5) is 9.59 Å². The van der Waals surface area contributed by atoms with Gasteiger partial charge in [-0.25, -0.2) is 18.0 Å². The summed E-state index contributed by atoms with van der Waals surface area (Å²) in [4.78, 5) is 109. The van der Waals surface area contributed by atoms with Crippen LogP contribution < -0.4 is 0 Å². The third-order valence-electron chi connectivity index (χ3n) is 10.2. The molecule has 2 aliphatic carbocycles. The summed E-state index contributed by atoms with van der Waals surface area (Å²) < 4.78 is 38.8. The van der Waals surface area contributed by atoms with Crippen LogP contribution in [-0.4, -0.2) is 101 Å². The second-order valence-electron chi connectivity index (χ2n) is 17.0. The van der Waals surface area contributed by atoms with Crippen LogP contribution in [0.5, 0.6) is 0 Å². The van der Waals surface area contributed by atoms with Gasteiger partial charge in [-0.2, -0.15) is 0 Å². The molecule has 2 saturated heterocycles. The van der Waals surface area contributed by atoms with Crippen molar-refractivity contribution in [2.45, 2.75) is 101 Å². The van der Waals surface area contributed by atoms with Crippen molar-refractivity contribution in [1.82, 2.24) is 9.80 Å². The topological polar surface area (TPSA) is 196 Å². The van der Waals surface area contributed by atoms with Crippen LogP contribution in [0.25, 0.3) is 0 Å². The van der Waals surface area contributed by atoms with Crippen LogP contribution in [0, 0.1) is 23.7 Å². The van der Waals surface area contributed by atoms with Crippen LogP contribution in [0.2, 0.25) is 0 Å². The Bertz CT molecular complexity index is 2050. The molecule has 0 aromatic heterocycles. The van der Waals surface area contributed by atoms with Crippen molar-refractivity contribution in [2.75, 3.05) is 13.1 Å². The average Bonchev–Trinajstić information content (AvgIpc) is 3.80. The molecule has 2 fully saturated rings. The highest BCUT2D eigenvalue weighted by Gasteiger charge is 2.52. The number of Topliss-reactive ketones (excluding diaryl/α,β-unsaturated/α-hetero) is 6. The van der Waals surface area contributed by atoms with Gasteiger partial charge in [-0.1, -0.05) is 13.8 Å². The van der Waals surface area contributed by atoms with Crippen molar-refractivity contribution in [1.29, 1.82) is 0 Å². The van der Waals surface area contributed by atoms with Crippen molar-refractivity contribution >= 4 is 56.7 Å². The number of ketones is 6. The second kappa shape index (κ2) is 13.6. The normalized spacial score (nSPS) is 25.3. The molecule has 2 unspecified atom stereocenters. The molecule has 6 rings (SSSR count). The predicted molar refractivity (Wildman–Crippen MR) is 194 cm³/mol. The van der Waals surface area contributed by atoms with Gasteiger partial charge >= 0.3 is 12.2 Å². The summed E-state index contributed by atoms with van der Waals surface area (Å²) in [6.07, 6.45) is -1.09. The Hall–Kier alpha value is -5.05. The summed E-state index contributed by atoms with van der Waals surface area (Å²) in [5.74, 6) is -8.76. The zero-order chi connectivity index (χ0) is 40.7. The van der Waals surface area contributed by atoms with Crippen molar-refractivity contribution in [3.05, 3.63) is 58.7 Å². The number of sulfone groups is 1. The number of hydrogen-bond donors (Lipinski definition) is 0. The lowest BCUT2D eigenvalue weighted by Gasteiger charge is -2.28. The molecule has 2 heterocycles. The number of ether oxygens (including phenoxy) is 2. The molecule has 2 amide bonds. The first-order chi connectivity index (χ1) is 25.4. The Morgan fingerprint density at radius 1 is 0.582 bits per heavy atom. The molecule has 55 heavy (non-hydrogen) atoms. The number of carbonyl (C=O) groups is 8. The minimum atomic E-state index is -4.50. The van der Waals surface area contributed by atoms with Gasteiger partial charge in [0.1, 0.15) is 23.0 Å². The van der Waals surface area contributed by atoms with Crippen LogP contribution in [0.3, 0.4) is 0 Å². The average molecular weight is 777 g/mol. The van der Waals surface area contributed by atoms with Gasteiger partial charge in [0.15, 0.2) is 34.7 Å². The monoisotopic (exact) mass is 776 g/mol. The first-order valence-electron chi connectivity index (χ1n) is 18.2. The maximum atomic E-state index is 14.0. The summed E-state index contributed by atoms with van der Waals surface area (Å²) in [5, 5.41) is 0. The van der Waals surface area contributed by atoms with Gasteiger partial charge in [0.25, 0.3) is 0 Å². The van der Waals surface area contributed by atoms with E-state index in [1.807, 2.05) is 13.8 Å². The first-order valence-corrected chi connectivity index (χ1v) is 19.7. The van der Waals surface area contributed by atoms with Gasteiger partial charge in [0, 0.05) is 35.3 Å². The maximum Gasteiger partial charge on any atom is 0.410 e. The summed E-state index contributed by atoms with van der Waals surface area (Å²) in [6.45, 7) is 14.1. The molecule has 6 atom stereocenters. The summed E-state index contributed by atoms with van der Waals surface area (Å²) >= 11 is 0. The number of nitrogens with zero attached hydrogens (tertiary/aromatic N) is 2. The molecule has 14 nitrogen and oxygen atoms in total. The Morgan fingerprint density at radius 2 is 0.909 bits per heavy atom. The SMILES string of the molecule is C[C@H]1C[C@@H](C(=O)C2C(=O)c3ccc(S(=O)(=O)c4ccc5c(c4)C(=O)C(C(=O)[C@@H]4C[C@H](C)CN4C(=O)OC(C)(C)C)C5=O)cc3C2=O)N(C(=O)OC(C)(C)C)C1. The largest absolute Gasteiger partial charge is 0.444 e. The van der Waals surface area contributed by atoms with Crippen molar-refractivity contribution in [3.8, 4) is 0 Å². The van der Waals surface area contributed by atoms with E-state index in [1.54, 1.807) is 41.5 Å².